The molecule has 24 heavy (non-hydrogen) atoms. The molecule has 0 N–H and O–H groups in total. The van der Waals surface area contributed by atoms with Crippen LogP contribution in [0.3, 0.4) is 0 Å². The summed E-state index contributed by atoms with van der Waals surface area (Å²) in [5.74, 6) is 0.496. The molecule has 0 atom stereocenters. The van der Waals surface area contributed by atoms with E-state index in [4.69, 9.17) is 0 Å². The van der Waals surface area contributed by atoms with Crippen molar-refractivity contribution in [3.8, 4) is 5.69 Å². The number of aromatic nitrogens is 7. The fourth-order valence-corrected chi connectivity index (χ4v) is 3.71. The van der Waals surface area contributed by atoms with Crippen LogP contribution in [0.4, 0.5) is 0 Å². The minimum atomic E-state index is -0.178. The third-order valence-electron chi connectivity index (χ3n) is 3.19. The monoisotopic (exact) mass is 357 g/mol. The second-order valence-electron chi connectivity index (χ2n) is 4.90. The fourth-order valence-electron chi connectivity index (χ4n) is 2.16. The molecule has 0 aliphatic rings. The molecule has 0 spiro atoms. The van der Waals surface area contributed by atoms with E-state index < -0.39 is 0 Å². The summed E-state index contributed by atoms with van der Waals surface area (Å²) < 4.78 is 2.98. The number of fused-ring (bicyclic) bond motifs is 1. The number of nitrogens with zero attached hydrogens (tertiary/aromatic N) is 7. The topological polar surface area (TPSA) is 90.9 Å². The first-order chi connectivity index (χ1) is 11.7. The van der Waals surface area contributed by atoms with E-state index in [9.17, 15) is 4.79 Å². The van der Waals surface area contributed by atoms with E-state index in [1.165, 1.54) is 33.7 Å². The number of rotatable bonds is 4. The average Bonchev–Trinajstić information content (AvgIpc) is 3.20. The first-order valence-corrected chi connectivity index (χ1v) is 8.84. The van der Waals surface area contributed by atoms with Gasteiger partial charge in [0, 0.05) is 11.8 Å². The lowest BCUT2D eigenvalue weighted by molar-refractivity contribution is 0.756. The highest BCUT2D eigenvalue weighted by molar-refractivity contribution is 7.98. The van der Waals surface area contributed by atoms with Crippen LogP contribution in [-0.4, -0.2) is 34.8 Å². The summed E-state index contributed by atoms with van der Waals surface area (Å²) in [6, 6.07) is 11.1. The van der Waals surface area contributed by atoms with E-state index in [0.717, 1.165) is 10.7 Å². The number of para-hydroxylation sites is 1. The van der Waals surface area contributed by atoms with Crippen LogP contribution in [-0.2, 0) is 5.75 Å². The second kappa shape index (κ2) is 6.13. The van der Waals surface area contributed by atoms with Crippen LogP contribution in [0.2, 0.25) is 0 Å². The maximum absolute atomic E-state index is 12.1. The van der Waals surface area contributed by atoms with E-state index in [1.54, 1.807) is 4.68 Å². The van der Waals surface area contributed by atoms with Gasteiger partial charge in [-0.1, -0.05) is 41.3 Å². The molecular formula is C14H11N7OS2. The molecule has 0 saturated heterocycles. The molecule has 0 aliphatic carbocycles. The molecule has 0 amide bonds. The van der Waals surface area contributed by atoms with Crippen molar-refractivity contribution in [1.82, 2.24) is 34.8 Å². The number of aryl methyl sites for hydroxylation is 1. The first kappa shape index (κ1) is 15.0. The molecule has 0 saturated carbocycles. The Morgan fingerprint density at radius 3 is 2.92 bits per heavy atom. The number of hydrogen-bond acceptors (Lipinski definition) is 8. The van der Waals surface area contributed by atoms with Crippen molar-refractivity contribution >= 4 is 28.1 Å². The average molecular weight is 357 g/mol. The highest BCUT2D eigenvalue weighted by Crippen LogP contribution is 2.21. The summed E-state index contributed by atoms with van der Waals surface area (Å²) in [5.41, 5.74) is 1.38. The van der Waals surface area contributed by atoms with Gasteiger partial charge in [0.15, 0.2) is 0 Å². The molecule has 8 nitrogen and oxygen atoms in total. The Morgan fingerprint density at radius 1 is 1.25 bits per heavy atom. The standard InChI is InChI=1S/C14H11N7OS2/c1-9-17-21-12(22)7-10(15-13(21)24-9)8-23-14-16-18-19-20(14)11-5-3-2-4-6-11/h2-7H,8H2,1H3. The number of hydrogen-bond donors (Lipinski definition) is 0. The van der Waals surface area contributed by atoms with Crippen molar-refractivity contribution in [1.29, 1.82) is 0 Å². The van der Waals surface area contributed by atoms with Crippen LogP contribution in [0, 0.1) is 6.92 Å². The number of thioether (sulfide) groups is 1. The third kappa shape index (κ3) is 2.81. The molecule has 3 aromatic heterocycles. The predicted molar refractivity (Wildman–Crippen MR) is 90.6 cm³/mol. The van der Waals surface area contributed by atoms with E-state index in [1.807, 2.05) is 37.3 Å². The molecular weight excluding hydrogens is 346 g/mol. The normalized spacial score (nSPS) is 11.2. The Morgan fingerprint density at radius 2 is 2.08 bits per heavy atom. The maximum atomic E-state index is 12.1. The number of tetrazole rings is 1. The van der Waals surface area contributed by atoms with Crippen LogP contribution in [0.1, 0.15) is 10.7 Å². The van der Waals surface area contributed by atoms with Gasteiger partial charge in [0.1, 0.15) is 5.01 Å². The van der Waals surface area contributed by atoms with Gasteiger partial charge in [0.25, 0.3) is 5.56 Å². The van der Waals surface area contributed by atoms with E-state index in [0.29, 0.717) is 21.6 Å². The van der Waals surface area contributed by atoms with Crippen LogP contribution in [0.25, 0.3) is 10.6 Å². The summed E-state index contributed by atoms with van der Waals surface area (Å²) in [6.07, 6.45) is 0. The minimum absolute atomic E-state index is 0.178. The van der Waals surface area contributed by atoms with Crippen molar-refractivity contribution in [3.05, 3.63) is 57.5 Å². The van der Waals surface area contributed by atoms with Crippen molar-refractivity contribution in [2.45, 2.75) is 17.8 Å². The van der Waals surface area contributed by atoms with Crippen molar-refractivity contribution < 1.29 is 0 Å². The largest absolute Gasteiger partial charge is 0.275 e. The summed E-state index contributed by atoms with van der Waals surface area (Å²) >= 11 is 2.82. The fraction of sp³-hybridized carbons (Fsp3) is 0.143. The van der Waals surface area contributed by atoms with Crippen LogP contribution >= 0.6 is 23.1 Å². The lowest BCUT2D eigenvalue weighted by Gasteiger charge is -2.03. The Hall–Kier alpha value is -2.59. The van der Waals surface area contributed by atoms with Gasteiger partial charge in [-0.05, 0) is 29.5 Å². The van der Waals surface area contributed by atoms with Crippen molar-refractivity contribution in [3.63, 3.8) is 0 Å². The molecule has 3 heterocycles. The summed E-state index contributed by atoms with van der Waals surface area (Å²) in [7, 11) is 0. The molecule has 0 fully saturated rings. The van der Waals surface area contributed by atoms with Crippen LogP contribution in [0.15, 0.2) is 46.3 Å². The van der Waals surface area contributed by atoms with Gasteiger partial charge >= 0.3 is 0 Å². The molecule has 120 valence electrons. The highest BCUT2D eigenvalue weighted by Gasteiger charge is 2.11. The third-order valence-corrected chi connectivity index (χ3v) is 4.97. The molecule has 10 heteroatoms. The lowest BCUT2D eigenvalue weighted by atomic mass is 10.3. The smallest absolute Gasteiger partial charge is 0.267 e. The van der Waals surface area contributed by atoms with Crippen LogP contribution < -0.4 is 5.56 Å². The molecule has 0 aliphatic heterocycles. The first-order valence-electron chi connectivity index (χ1n) is 7.04. The Balaban J connectivity index is 1.60. The summed E-state index contributed by atoms with van der Waals surface area (Å²) in [5, 5.41) is 17.4. The van der Waals surface area contributed by atoms with Gasteiger partial charge in [-0.2, -0.15) is 14.3 Å². The second-order valence-corrected chi connectivity index (χ2v) is 7.00. The lowest BCUT2D eigenvalue weighted by Crippen LogP contribution is -2.15. The zero-order valence-electron chi connectivity index (χ0n) is 12.5. The molecule has 0 radical (unpaired) electrons. The van der Waals surface area contributed by atoms with Gasteiger partial charge in [0.05, 0.1) is 11.4 Å². The summed E-state index contributed by atoms with van der Waals surface area (Å²) in [6.45, 7) is 1.85. The molecule has 4 aromatic rings. The van der Waals surface area contributed by atoms with Gasteiger partial charge < -0.3 is 0 Å². The minimum Gasteiger partial charge on any atom is -0.267 e. The van der Waals surface area contributed by atoms with Crippen molar-refractivity contribution in [2.75, 3.05) is 0 Å². The zero-order chi connectivity index (χ0) is 16.5. The Labute approximate surface area is 144 Å². The molecule has 0 unspecified atom stereocenters. The Kier molecular flexibility index (Phi) is 3.82. The maximum Gasteiger partial charge on any atom is 0.275 e. The zero-order valence-corrected chi connectivity index (χ0v) is 14.2. The molecule has 0 bridgehead atoms. The number of benzene rings is 1. The SMILES string of the molecule is Cc1nn2c(=O)cc(CSc3nnnn3-c3ccccc3)nc2s1. The Bertz CT molecular complexity index is 1050. The van der Waals surface area contributed by atoms with Gasteiger partial charge in [-0.25, -0.2) is 4.98 Å². The van der Waals surface area contributed by atoms with Crippen LogP contribution in [0.5, 0.6) is 0 Å². The van der Waals surface area contributed by atoms with E-state index >= 15 is 0 Å². The van der Waals surface area contributed by atoms with E-state index in [-0.39, 0.29) is 5.56 Å². The van der Waals surface area contributed by atoms with Gasteiger partial charge in [-0.3, -0.25) is 4.79 Å². The van der Waals surface area contributed by atoms with Gasteiger partial charge in [0.2, 0.25) is 10.1 Å². The summed E-state index contributed by atoms with van der Waals surface area (Å²) in [4.78, 5) is 17.1. The van der Waals surface area contributed by atoms with Crippen molar-refractivity contribution in [2.24, 2.45) is 0 Å². The predicted octanol–water partition coefficient (Wildman–Crippen LogP) is 1.73. The molecule has 4 rings (SSSR count). The highest BCUT2D eigenvalue weighted by atomic mass is 32.2. The molecule has 1 aromatic carbocycles. The quantitative estimate of drug-likeness (QED) is 0.514. The van der Waals surface area contributed by atoms with Gasteiger partial charge in [-0.15, -0.1) is 5.10 Å². The van der Waals surface area contributed by atoms with E-state index in [2.05, 4.69) is 25.6 Å².